The van der Waals surface area contributed by atoms with E-state index in [0.717, 1.165) is 11.1 Å². The Morgan fingerprint density at radius 1 is 1.13 bits per heavy atom. The van der Waals surface area contributed by atoms with E-state index in [0.29, 0.717) is 29.7 Å². The highest BCUT2D eigenvalue weighted by Gasteiger charge is 2.27. The molecule has 2 aromatic heterocycles. The van der Waals surface area contributed by atoms with Gasteiger partial charge in [-0.2, -0.15) is 10.2 Å². The number of nitrogens with one attached hydrogen (secondary N) is 2. The van der Waals surface area contributed by atoms with Crippen molar-refractivity contribution in [2.75, 3.05) is 33.1 Å². The quantitative estimate of drug-likeness (QED) is 0.277. The molecular weight excluding hydrogens is 512 g/mol. The second-order valence-electron chi connectivity index (χ2n) is 8.33. The number of anilines is 1. The molecule has 0 aliphatic rings. The first-order valence-corrected chi connectivity index (χ1v) is 12.9. The van der Waals surface area contributed by atoms with Crippen LogP contribution < -0.4 is 18.9 Å². The third-order valence-electron chi connectivity index (χ3n) is 5.79. The van der Waals surface area contributed by atoms with Crippen LogP contribution in [-0.4, -0.2) is 67.6 Å². The smallest absolute Gasteiger partial charge is 0.270 e. The van der Waals surface area contributed by atoms with Crippen LogP contribution in [0.2, 0.25) is 0 Å². The number of carbonyl (C=O) groups is 1. The molecule has 0 fully saturated rings. The minimum absolute atomic E-state index is 0.0626. The van der Waals surface area contributed by atoms with Crippen molar-refractivity contribution < 1.29 is 27.4 Å². The summed E-state index contributed by atoms with van der Waals surface area (Å²) >= 11 is 0. The van der Waals surface area contributed by atoms with Gasteiger partial charge in [0.2, 0.25) is 5.91 Å². The Kier molecular flexibility index (Phi) is 7.57. The SMILES string of the molecule is C=CC(=O)N(C)Cc1cnn(Cc2cc(OC)c3c(NS(=O)(=O)c4c(OC)cccc4OC)n[nH]c3c2)c1. The molecular formula is C25H28N6O6S. The maximum Gasteiger partial charge on any atom is 0.270 e. The van der Waals surface area contributed by atoms with Crippen LogP contribution in [-0.2, 0) is 27.9 Å². The molecule has 12 nitrogen and oxygen atoms in total. The summed E-state index contributed by atoms with van der Waals surface area (Å²) in [4.78, 5) is 13.1. The fourth-order valence-electron chi connectivity index (χ4n) is 4.03. The minimum Gasteiger partial charge on any atom is -0.496 e. The van der Waals surface area contributed by atoms with Crippen molar-refractivity contribution in [1.29, 1.82) is 0 Å². The second-order valence-corrected chi connectivity index (χ2v) is 9.95. The third kappa shape index (κ3) is 5.27. The first-order chi connectivity index (χ1) is 18.2. The van der Waals surface area contributed by atoms with Crippen LogP contribution in [0.25, 0.3) is 10.9 Å². The van der Waals surface area contributed by atoms with Crippen molar-refractivity contribution in [1.82, 2.24) is 24.9 Å². The standard InChI is InChI=1S/C25H28N6O6S/c1-6-22(32)30(2)13-17-12-26-31(15-17)14-16-10-18-23(21(11-16)37-5)25(28-27-18)29-38(33,34)24-19(35-3)8-7-9-20(24)36-4/h6-12,15H,1,13-14H2,2-5H3,(H2,27,28,29). The minimum atomic E-state index is -4.15. The molecule has 1 amide bonds. The van der Waals surface area contributed by atoms with Gasteiger partial charge in [0, 0.05) is 25.4 Å². The van der Waals surface area contributed by atoms with E-state index in [9.17, 15) is 13.2 Å². The van der Waals surface area contributed by atoms with E-state index in [1.807, 2.05) is 12.3 Å². The molecule has 2 aromatic carbocycles. The first kappa shape index (κ1) is 26.5. The number of amides is 1. The van der Waals surface area contributed by atoms with Gasteiger partial charge in [0.05, 0.1) is 45.0 Å². The van der Waals surface area contributed by atoms with Gasteiger partial charge in [0.15, 0.2) is 10.7 Å². The lowest BCUT2D eigenvalue weighted by Gasteiger charge is -2.14. The van der Waals surface area contributed by atoms with Crippen LogP contribution in [0, 0.1) is 0 Å². The van der Waals surface area contributed by atoms with Crippen LogP contribution in [0.5, 0.6) is 17.2 Å². The molecule has 0 unspecified atom stereocenters. The number of aromatic nitrogens is 4. The summed E-state index contributed by atoms with van der Waals surface area (Å²) in [6.45, 7) is 4.30. The number of carbonyl (C=O) groups excluding carboxylic acids is 1. The number of fused-ring (bicyclic) bond motifs is 1. The Balaban J connectivity index is 1.62. The van der Waals surface area contributed by atoms with E-state index in [4.69, 9.17) is 14.2 Å². The van der Waals surface area contributed by atoms with Crippen LogP contribution in [0.1, 0.15) is 11.1 Å². The first-order valence-electron chi connectivity index (χ1n) is 11.4. The number of aromatic amines is 1. The van der Waals surface area contributed by atoms with Gasteiger partial charge in [-0.15, -0.1) is 0 Å². The maximum absolute atomic E-state index is 13.3. The lowest BCUT2D eigenvalue weighted by molar-refractivity contribution is -0.125. The number of ether oxygens (including phenoxy) is 3. The van der Waals surface area contributed by atoms with Gasteiger partial charge < -0.3 is 19.1 Å². The van der Waals surface area contributed by atoms with E-state index in [1.54, 1.807) is 30.1 Å². The molecule has 38 heavy (non-hydrogen) atoms. The number of methoxy groups -OCH3 is 3. The lowest BCUT2D eigenvalue weighted by Crippen LogP contribution is -2.23. The summed E-state index contributed by atoms with van der Waals surface area (Å²) in [7, 11) is 1.79. The number of hydrogen-bond donors (Lipinski definition) is 2. The molecule has 0 aliphatic heterocycles. The van der Waals surface area contributed by atoms with Gasteiger partial charge in [-0.25, -0.2) is 8.42 Å². The second kappa shape index (κ2) is 10.8. The predicted molar refractivity (Wildman–Crippen MR) is 141 cm³/mol. The molecule has 0 saturated carbocycles. The van der Waals surface area contributed by atoms with E-state index >= 15 is 0 Å². The van der Waals surface area contributed by atoms with Crippen molar-refractivity contribution in [3.63, 3.8) is 0 Å². The lowest BCUT2D eigenvalue weighted by atomic mass is 10.1. The van der Waals surface area contributed by atoms with Crippen LogP contribution >= 0.6 is 0 Å². The highest BCUT2D eigenvalue weighted by atomic mass is 32.2. The van der Waals surface area contributed by atoms with Gasteiger partial charge >= 0.3 is 0 Å². The number of hydrogen-bond acceptors (Lipinski definition) is 8. The van der Waals surface area contributed by atoms with Gasteiger partial charge in [-0.1, -0.05) is 12.6 Å². The maximum atomic E-state index is 13.3. The fourth-order valence-corrected chi connectivity index (χ4v) is 5.37. The van der Waals surface area contributed by atoms with Crippen molar-refractivity contribution in [2.45, 2.75) is 18.0 Å². The fraction of sp³-hybridized carbons (Fsp3) is 0.240. The van der Waals surface area contributed by atoms with Crippen molar-refractivity contribution >= 4 is 32.7 Å². The molecule has 13 heteroatoms. The van der Waals surface area contributed by atoms with Gasteiger partial charge in [-0.3, -0.25) is 19.3 Å². The molecule has 0 spiro atoms. The van der Waals surface area contributed by atoms with E-state index in [-0.39, 0.29) is 28.1 Å². The van der Waals surface area contributed by atoms with Crippen molar-refractivity contribution in [3.05, 3.63) is 66.5 Å². The third-order valence-corrected chi connectivity index (χ3v) is 7.19. The average Bonchev–Trinajstić information content (AvgIpc) is 3.53. The van der Waals surface area contributed by atoms with Crippen molar-refractivity contribution in [3.8, 4) is 17.2 Å². The molecule has 4 aromatic rings. The molecule has 4 rings (SSSR count). The molecule has 2 N–H and O–H groups in total. The highest BCUT2D eigenvalue weighted by Crippen LogP contribution is 2.37. The Morgan fingerprint density at radius 2 is 1.82 bits per heavy atom. The zero-order valence-corrected chi connectivity index (χ0v) is 22.2. The van der Waals surface area contributed by atoms with Crippen LogP contribution in [0.3, 0.4) is 0 Å². The monoisotopic (exact) mass is 540 g/mol. The Bertz CT molecular complexity index is 1570. The Morgan fingerprint density at radius 3 is 2.45 bits per heavy atom. The molecule has 0 atom stereocenters. The molecule has 2 heterocycles. The summed E-state index contributed by atoms with van der Waals surface area (Å²) in [6.07, 6.45) is 4.80. The van der Waals surface area contributed by atoms with E-state index < -0.39 is 10.0 Å². The molecule has 0 aliphatic carbocycles. The van der Waals surface area contributed by atoms with E-state index in [2.05, 4.69) is 26.6 Å². The largest absolute Gasteiger partial charge is 0.496 e. The number of benzene rings is 2. The van der Waals surface area contributed by atoms with E-state index in [1.165, 1.54) is 44.4 Å². The van der Waals surface area contributed by atoms with Crippen LogP contribution in [0.15, 0.2) is 60.3 Å². The normalized spacial score (nSPS) is 11.3. The summed E-state index contributed by atoms with van der Waals surface area (Å²) < 4.78 is 47.0. The number of sulfonamides is 1. The van der Waals surface area contributed by atoms with Gasteiger partial charge in [-0.05, 0) is 35.9 Å². The number of nitrogens with zero attached hydrogens (tertiary/aromatic N) is 4. The topological polar surface area (TPSA) is 141 Å². The number of rotatable bonds is 11. The Labute approximate surface area is 219 Å². The summed E-state index contributed by atoms with van der Waals surface area (Å²) in [6, 6.07) is 8.31. The van der Waals surface area contributed by atoms with Gasteiger partial charge in [0.25, 0.3) is 10.0 Å². The number of likely N-dealkylation sites (N-methyl/N-ethyl adjacent to an activating group) is 1. The Hall–Kier alpha value is -4.52. The van der Waals surface area contributed by atoms with Gasteiger partial charge in [0.1, 0.15) is 17.2 Å². The van der Waals surface area contributed by atoms with Crippen molar-refractivity contribution in [2.24, 2.45) is 0 Å². The zero-order valence-electron chi connectivity index (χ0n) is 21.4. The van der Waals surface area contributed by atoms with Crippen LogP contribution in [0.4, 0.5) is 5.82 Å². The average molecular weight is 541 g/mol. The zero-order chi connectivity index (χ0) is 27.4. The summed E-state index contributed by atoms with van der Waals surface area (Å²) in [5.74, 6) is 0.559. The molecule has 200 valence electrons. The molecule has 0 bridgehead atoms. The number of H-pyrrole nitrogens is 1. The molecule has 0 radical (unpaired) electrons. The predicted octanol–water partition coefficient (Wildman–Crippen LogP) is 2.78. The highest BCUT2D eigenvalue weighted by molar-refractivity contribution is 7.93. The summed E-state index contributed by atoms with van der Waals surface area (Å²) in [5, 5.41) is 11.9. The summed E-state index contributed by atoms with van der Waals surface area (Å²) in [5.41, 5.74) is 2.26. The molecule has 0 saturated heterocycles.